The SMILES string of the molecule is CCCCCC(Cc1cccc(F)c1Cl)NC. The summed E-state index contributed by atoms with van der Waals surface area (Å²) in [6.07, 6.45) is 5.56. The van der Waals surface area contributed by atoms with E-state index in [1.54, 1.807) is 6.07 Å². The summed E-state index contributed by atoms with van der Waals surface area (Å²) >= 11 is 5.95. The standard InChI is InChI=1S/C14H21ClFN/c1-3-4-5-8-12(17-2)10-11-7-6-9-13(16)14(11)15/h6-7,9,12,17H,3-5,8,10H2,1-2H3. The van der Waals surface area contributed by atoms with Crippen LogP contribution in [0.25, 0.3) is 0 Å². The van der Waals surface area contributed by atoms with Gasteiger partial charge in [-0.3, -0.25) is 0 Å². The minimum absolute atomic E-state index is 0.267. The van der Waals surface area contributed by atoms with Crippen LogP contribution < -0.4 is 5.32 Å². The Morgan fingerprint density at radius 3 is 2.76 bits per heavy atom. The summed E-state index contributed by atoms with van der Waals surface area (Å²) in [7, 11) is 1.95. The minimum Gasteiger partial charge on any atom is -0.317 e. The van der Waals surface area contributed by atoms with E-state index in [1.165, 1.54) is 25.3 Å². The predicted molar refractivity (Wildman–Crippen MR) is 72.1 cm³/mol. The number of benzene rings is 1. The molecule has 17 heavy (non-hydrogen) atoms. The number of likely N-dealkylation sites (N-methyl/N-ethyl adjacent to an activating group) is 1. The first-order valence-corrected chi connectivity index (χ1v) is 6.67. The van der Waals surface area contributed by atoms with Gasteiger partial charge in [-0.05, 0) is 31.5 Å². The highest BCUT2D eigenvalue weighted by Gasteiger charge is 2.11. The molecule has 1 unspecified atom stereocenters. The van der Waals surface area contributed by atoms with Crippen molar-refractivity contribution in [3.8, 4) is 0 Å². The van der Waals surface area contributed by atoms with Crippen molar-refractivity contribution in [2.24, 2.45) is 0 Å². The van der Waals surface area contributed by atoms with E-state index in [0.29, 0.717) is 6.04 Å². The highest BCUT2D eigenvalue weighted by molar-refractivity contribution is 6.31. The third-order valence-electron chi connectivity index (χ3n) is 3.06. The van der Waals surface area contributed by atoms with Gasteiger partial charge in [0.2, 0.25) is 0 Å². The maximum atomic E-state index is 13.3. The average molecular weight is 258 g/mol. The molecule has 0 aliphatic carbocycles. The third-order valence-corrected chi connectivity index (χ3v) is 3.49. The molecule has 0 aliphatic rings. The molecule has 1 N–H and O–H groups in total. The van der Waals surface area contributed by atoms with Crippen molar-refractivity contribution in [1.82, 2.24) is 5.32 Å². The van der Waals surface area contributed by atoms with Crippen LogP contribution in [0.15, 0.2) is 18.2 Å². The molecule has 1 atom stereocenters. The minimum atomic E-state index is -0.326. The van der Waals surface area contributed by atoms with Crippen molar-refractivity contribution in [1.29, 1.82) is 0 Å². The number of nitrogens with one attached hydrogen (secondary N) is 1. The molecule has 1 aromatic carbocycles. The molecule has 0 saturated heterocycles. The number of hydrogen-bond donors (Lipinski definition) is 1. The van der Waals surface area contributed by atoms with Gasteiger partial charge >= 0.3 is 0 Å². The van der Waals surface area contributed by atoms with Gasteiger partial charge in [0, 0.05) is 6.04 Å². The van der Waals surface area contributed by atoms with Crippen molar-refractivity contribution in [3.63, 3.8) is 0 Å². The van der Waals surface area contributed by atoms with Crippen LogP contribution in [0.1, 0.15) is 38.2 Å². The van der Waals surface area contributed by atoms with Gasteiger partial charge in [-0.25, -0.2) is 4.39 Å². The molecular formula is C14H21ClFN. The smallest absolute Gasteiger partial charge is 0.142 e. The first kappa shape index (κ1) is 14.5. The van der Waals surface area contributed by atoms with E-state index in [4.69, 9.17) is 11.6 Å². The van der Waals surface area contributed by atoms with Crippen LogP contribution in [-0.4, -0.2) is 13.1 Å². The van der Waals surface area contributed by atoms with E-state index in [-0.39, 0.29) is 10.8 Å². The molecular weight excluding hydrogens is 237 g/mol. The van der Waals surface area contributed by atoms with E-state index in [1.807, 2.05) is 13.1 Å². The summed E-state index contributed by atoms with van der Waals surface area (Å²) in [4.78, 5) is 0. The molecule has 1 nitrogen and oxygen atoms in total. The Morgan fingerprint density at radius 2 is 2.12 bits per heavy atom. The lowest BCUT2D eigenvalue weighted by atomic mass is 10.0. The van der Waals surface area contributed by atoms with E-state index < -0.39 is 0 Å². The number of unbranched alkanes of at least 4 members (excludes halogenated alkanes) is 2. The summed E-state index contributed by atoms with van der Waals surface area (Å²) in [6.45, 7) is 2.19. The number of rotatable bonds is 7. The molecule has 0 aliphatic heterocycles. The molecule has 0 bridgehead atoms. The van der Waals surface area contributed by atoms with Crippen LogP contribution >= 0.6 is 11.6 Å². The lowest BCUT2D eigenvalue weighted by Crippen LogP contribution is -2.27. The highest BCUT2D eigenvalue weighted by Crippen LogP contribution is 2.22. The van der Waals surface area contributed by atoms with Crippen LogP contribution in [0.3, 0.4) is 0 Å². The maximum absolute atomic E-state index is 13.3. The van der Waals surface area contributed by atoms with Crippen LogP contribution in [-0.2, 0) is 6.42 Å². The second kappa shape index (κ2) is 7.67. The molecule has 96 valence electrons. The van der Waals surface area contributed by atoms with Crippen LogP contribution in [0.5, 0.6) is 0 Å². The van der Waals surface area contributed by atoms with Crippen molar-refractivity contribution in [2.45, 2.75) is 45.1 Å². The fraction of sp³-hybridized carbons (Fsp3) is 0.571. The predicted octanol–water partition coefficient (Wildman–Crippen LogP) is 4.19. The second-order valence-corrected chi connectivity index (χ2v) is 4.78. The number of hydrogen-bond acceptors (Lipinski definition) is 1. The third kappa shape index (κ3) is 4.64. The number of halogens is 2. The van der Waals surface area contributed by atoms with Gasteiger partial charge < -0.3 is 5.32 Å². The maximum Gasteiger partial charge on any atom is 0.142 e. The van der Waals surface area contributed by atoms with Crippen molar-refractivity contribution in [3.05, 3.63) is 34.6 Å². The molecule has 0 saturated carbocycles. The summed E-state index contributed by atoms with van der Waals surface area (Å²) in [5.41, 5.74) is 0.891. The zero-order valence-corrected chi connectivity index (χ0v) is 11.4. The molecule has 0 amide bonds. The van der Waals surface area contributed by atoms with E-state index >= 15 is 0 Å². The summed E-state index contributed by atoms with van der Waals surface area (Å²) in [5, 5.41) is 3.54. The Balaban J connectivity index is 2.57. The summed E-state index contributed by atoms with van der Waals surface area (Å²) in [5.74, 6) is -0.326. The Morgan fingerprint density at radius 1 is 1.35 bits per heavy atom. The zero-order chi connectivity index (χ0) is 12.7. The Bertz CT molecular complexity index is 341. The molecule has 0 spiro atoms. The summed E-state index contributed by atoms with van der Waals surface area (Å²) in [6, 6.07) is 5.39. The topological polar surface area (TPSA) is 12.0 Å². The molecule has 0 radical (unpaired) electrons. The van der Waals surface area contributed by atoms with Gasteiger partial charge in [-0.15, -0.1) is 0 Å². The second-order valence-electron chi connectivity index (χ2n) is 4.40. The van der Waals surface area contributed by atoms with E-state index in [2.05, 4.69) is 12.2 Å². The fourth-order valence-electron chi connectivity index (χ4n) is 1.96. The molecule has 1 rings (SSSR count). The van der Waals surface area contributed by atoms with E-state index in [9.17, 15) is 4.39 Å². The lowest BCUT2D eigenvalue weighted by Gasteiger charge is -2.17. The van der Waals surface area contributed by atoms with Gasteiger partial charge in [0.05, 0.1) is 5.02 Å². The quantitative estimate of drug-likeness (QED) is 0.723. The molecule has 0 fully saturated rings. The first-order chi connectivity index (χ1) is 8.19. The monoisotopic (exact) mass is 257 g/mol. The van der Waals surface area contributed by atoms with Crippen molar-refractivity contribution >= 4 is 11.6 Å². The molecule has 0 aromatic heterocycles. The van der Waals surface area contributed by atoms with Crippen LogP contribution in [0, 0.1) is 5.82 Å². The molecule has 0 heterocycles. The van der Waals surface area contributed by atoms with Gasteiger partial charge in [-0.2, -0.15) is 0 Å². The zero-order valence-electron chi connectivity index (χ0n) is 10.6. The Hall–Kier alpha value is -0.600. The van der Waals surface area contributed by atoms with Gasteiger partial charge in [0.1, 0.15) is 5.82 Å². The first-order valence-electron chi connectivity index (χ1n) is 6.29. The summed E-state index contributed by atoms with van der Waals surface area (Å²) < 4.78 is 13.3. The van der Waals surface area contributed by atoms with Crippen LogP contribution in [0.2, 0.25) is 5.02 Å². The average Bonchev–Trinajstić information content (AvgIpc) is 2.33. The Labute approximate surface area is 108 Å². The van der Waals surface area contributed by atoms with Crippen molar-refractivity contribution in [2.75, 3.05) is 7.05 Å². The molecule has 1 aromatic rings. The highest BCUT2D eigenvalue weighted by atomic mass is 35.5. The largest absolute Gasteiger partial charge is 0.317 e. The lowest BCUT2D eigenvalue weighted by molar-refractivity contribution is 0.489. The fourth-order valence-corrected chi connectivity index (χ4v) is 2.16. The normalized spacial score (nSPS) is 12.7. The van der Waals surface area contributed by atoms with Gasteiger partial charge in [-0.1, -0.05) is 49.9 Å². The van der Waals surface area contributed by atoms with Crippen LogP contribution in [0.4, 0.5) is 4.39 Å². The van der Waals surface area contributed by atoms with Gasteiger partial charge in [0.25, 0.3) is 0 Å². The van der Waals surface area contributed by atoms with E-state index in [0.717, 1.165) is 18.4 Å². The molecule has 3 heteroatoms. The van der Waals surface area contributed by atoms with Crippen molar-refractivity contribution < 1.29 is 4.39 Å². The Kier molecular flexibility index (Phi) is 6.53. The van der Waals surface area contributed by atoms with Gasteiger partial charge in [0.15, 0.2) is 0 Å².